The van der Waals surface area contributed by atoms with Crippen LogP contribution in [0.1, 0.15) is 20.9 Å². The molecule has 28 heavy (non-hydrogen) atoms. The summed E-state index contributed by atoms with van der Waals surface area (Å²) in [5.74, 6) is -0.329. The number of aryl methyl sites for hydroxylation is 1. The van der Waals surface area contributed by atoms with Crippen LogP contribution in [0, 0.1) is 6.92 Å². The smallest absolute Gasteiger partial charge is 0.254 e. The third kappa shape index (κ3) is 5.27. The van der Waals surface area contributed by atoms with Crippen LogP contribution in [0.15, 0.2) is 60.0 Å². The Hall–Kier alpha value is -2.99. The van der Waals surface area contributed by atoms with Crippen molar-refractivity contribution in [2.45, 2.75) is 13.3 Å². The summed E-state index contributed by atoms with van der Waals surface area (Å²) in [6, 6.07) is 17.2. The quantitative estimate of drug-likeness (QED) is 0.668. The lowest BCUT2D eigenvalue weighted by molar-refractivity contribution is -0.121. The molecule has 0 saturated carbocycles. The average molecular weight is 394 g/mol. The molecule has 1 N–H and O–H groups in total. The predicted octanol–water partition coefficient (Wildman–Crippen LogP) is 3.55. The van der Waals surface area contributed by atoms with Crippen LogP contribution < -0.4 is 5.32 Å². The first-order valence-corrected chi connectivity index (χ1v) is 9.99. The van der Waals surface area contributed by atoms with Gasteiger partial charge in [-0.25, -0.2) is 4.98 Å². The summed E-state index contributed by atoms with van der Waals surface area (Å²) in [5, 5.41) is 5.98. The van der Waals surface area contributed by atoms with E-state index in [4.69, 9.17) is 0 Å². The second-order valence-corrected chi connectivity index (χ2v) is 7.64. The molecule has 0 spiro atoms. The highest BCUT2D eigenvalue weighted by Crippen LogP contribution is 2.21. The summed E-state index contributed by atoms with van der Waals surface area (Å²) in [4.78, 5) is 30.3. The second-order valence-electron chi connectivity index (χ2n) is 6.58. The Bertz CT molecular complexity index is 936. The van der Waals surface area contributed by atoms with Crippen LogP contribution in [0.2, 0.25) is 0 Å². The number of benzene rings is 2. The van der Waals surface area contributed by atoms with Gasteiger partial charge in [-0.1, -0.05) is 42.5 Å². The summed E-state index contributed by atoms with van der Waals surface area (Å²) in [6.07, 6.45) is 0.735. The fraction of sp³-hybridized carbons (Fsp3) is 0.227. The van der Waals surface area contributed by atoms with E-state index in [1.165, 1.54) is 4.90 Å². The van der Waals surface area contributed by atoms with Crippen LogP contribution in [-0.4, -0.2) is 41.8 Å². The van der Waals surface area contributed by atoms with Crippen molar-refractivity contribution >= 4 is 23.2 Å². The van der Waals surface area contributed by atoms with E-state index < -0.39 is 0 Å². The Labute approximate surface area is 169 Å². The lowest BCUT2D eigenvalue weighted by Gasteiger charge is -2.16. The van der Waals surface area contributed by atoms with Gasteiger partial charge in [0, 0.05) is 30.1 Å². The van der Waals surface area contributed by atoms with Gasteiger partial charge in [0.05, 0.1) is 17.2 Å². The van der Waals surface area contributed by atoms with Gasteiger partial charge < -0.3 is 10.2 Å². The Kier molecular flexibility index (Phi) is 6.55. The number of thiazole rings is 1. The Morgan fingerprint density at radius 2 is 1.79 bits per heavy atom. The van der Waals surface area contributed by atoms with Crippen molar-refractivity contribution < 1.29 is 9.59 Å². The molecule has 0 atom stereocenters. The van der Waals surface area contributed by atoms with Gasteiger partial charge in [-0.2, -0.15) is 0 Å². The molecule has 2 aromatic carbocycles. The van der Waals surface area contributed by atoms with E-state index in [1.807, 2.05) is 25.1 Å². The van der Waals surface area contributed by atoms with Crippen molar-refractivity contribution in [2.24, 2.45) is 0 Å². The summed E-state index contributed by atoms with van der Waals surface area (Å²) in [5.41, 5.74) is 3.81. The SMILES string of the molecule is Cc1nc(-c2ccc(CCNC(=O)CN(C)C(=O)c3ccccc3)cc2)cs1. The molecule has 6 heteroatoms. The van der Waals surface area contributed by atoms with Crippen molar-refractivity contribution in [3.63, 3.8) is 0 Å². The number of hydrogen-bond donors (Lipinski definition) is 1. The number of carbonyl (C=O) groups is 2. The van der Waals surface area contributed by atoms with Crippen LogP contribution in [0.4, 0.5) is 0 Å². The summed E-state index contributed by atoms with van der Waals surface area (Å²) in [6.45, 7) is 2.56. The molecule has 0 saturated heterocycles. The highest BCUT2D eigenvalue weighted by atomic mass is 32.1. The Morgan fingerprint density at radius 3 is 2.43 bits per heavy atom. The fourth-order valence-corrected chi connectivity index (χ4v) is 3.45. The lowest BCUT2D eigenvalue weighted by Crippen LogP contribution is -2.39. The molecular formula is C22H23N3O2S. The minimum atomic E-state index is -0.165. The maximum absolute atomic E-state index is 12.3. The first-order chi connectivity index (χ1) is 13.5. The van der Waals surface area contributed by atoms with Crippen molar-refractivity contribution in [3.05, 3.63) is 76.1 Å². The highest BCUT2D eigenvalue weighted by molar-refractivity contribution is 7.09. The van der Waals surface area contributed by atoms with Crippen molar-refractivity contribution in [3.8, 4) is 11.3 Å². The van der Waals surface area contributed by atoms with Gasteiger partial charge in [-0.05, 0) is 31.0 Å². The summed E-state index contributed by atoms with van der Waals surface area (Å²) >= 11 is 1.64. The van der Waals surface area contributed by atoms with E-state index in [0.717, 1.165) is 28.2 Å². The summed E-state index contributed by atoms with van der Waals surface area (Å²) in [7, 11) is 1.63. The molecule has 0 aliphatic heterocycles. The van der Waals surface area contributed by atoms with Gasteiger partial charge in [-0.15, -0.1) is 11.3 Å². The zero-order chi connectivity index (χ0) is 19.9. The molecule has 1 aromatic heterocycles. The molecule has 3 aromatic rings. The minimum Gasteiger partial charge on any atom is -0.354 e. The van der Waals surface area contributed by atoms with Crippen LogP contribution in [-0.2, 0) is 11.2 Å². The molecule has 2 amide bonds. The second kappa shape index (κ2) is 9.28. The minimum absolute atomic E-state index is 0.0375. The number of nitrogens with one attached hydrogen (secondary N) is 1. The fourth-order valence-electron chi connectivity index (χ4n) is 2.83. The van der Waals surface area contributed by atoms with Crippen LogP contribution in [0.25, 0.3) is 11.3 Å². The van der Waals surface area contributed by atoms with Gasteiger partial charge in [0.1, 0.15) is 0 Å². The number of nitrogens with zero attached hydrogens (tertiary/aromatic N) is 2. The topological polar surface area (TPSA) is 62.3 Å². The Morgan fingerprint density at radius 1 is 1.07 bits per heavy atom. The molecule has 5 nitrogen and oxygen atoms in total. The van der Waals surface area contributed by atoms with Gasteiger partial charge in [0.25, 0.3) is 5.91 Å². The monoisotopic (exact) mass is 393 g/mol. The number of rotatable bonds is 7. The van der Waals surface area contributed by atoms with E-state index in [-0.39, 0.29) is 18.4 Å². The molecule has 144 valence electrons. The largest absolute Gasteiger partial charge is 0.354 e. The van der Waals surface area contributed by atoms with Crippen molar-refractivity contribution in [2.75, 3.05) is 20.1 Å². The Balaban J connectivity index is 1.44. The van der Waals surface area contributed by atoms with Gasteiger partial charge in [0.15, 0.2) is 0 Å². The summed E-state index contributed by atoms with van der Waals surface area (Å²) < 4.78 is 0. The lowest BCUT2D eigenvalue weighted by atomic mass is 10.1. The molecule has 0 unspecified atom stereocenters. The third-order valence-electron chi connectivity index (χ3n) is 4.35. The number of aromatic nitrogens is 1. The van der Waals surface area contributed by atoms with Crippen molar-refractivity contribution in [1.29, 1.82) is 0 Å². The molecule has 0 bridgehead atoms. The van der Waals surface area contributed by atoms with Gasteiger partial charge in [-0.3, -0.25) is 9.59 Å². The molecule has 1 heterocycles. The predicted molar refractivity (Wildman–Crippen MR) is 112 cm³/mol. The first kappa shape index (κ1) is 19.8. The standard InChI is InChI=1S/C22H23N3O2S/c1-16-24-20(15-28-16)18-10-8-17(9-11-18)12-13-23-21(26)14-25(2)22(27)19-6-4-3-5-7-19/h3-11,15H,12-14H2,1-2H3,(H,23,26). The highest BCUT2D eigenvalue weighted by Gasteiger charge is 2.14. The zero-order valence-electron chi connectivity index (χ0n) is 16.0. The van der Waals surface area contributed by atoms with E-state index in [0.29, 0.717) is 12.1 Å². The van der Waals surface area contributed by atoms with Crippen LogP contribution >= 0.6 is 11.3 Å². The molecular weight excluding hydrogens is 370 g/mol. The number of hydrogen-bond acceptors (Lipinski definition) is 4. The molecule has 0 fully saturated rings. The van der Waals surface area contributed by atoms with Crippen molar-refractivity contribution in [1.82, 2.24) is 15.2 Å². The average Bonchev–Trinajstić information content (AvgIpc) is 3.15. The molecule has 0 aliphatic rings. The molecule has 0 aliphatic carbocycles. The van der Waals surface area contributed by atoms with Crippen LogP contribution in [0.5, 0.6) is 0 Å². The maximum atomic E-state index is 12.3. The zero-order valence-corrected chi connectivity index (χ0v) is 16.8. The molecule has 3 rings (SSSR count). The van der Waals surface area contributed by atoms with E-state index in [1.54, 1.807) is 30.5 Å². The first-order valence-electron chi connectivity index (χ1n) is 9.11. The van der Waals surface area contributed by atoms with Gasteiger partial charge in [0.2, 0.25) is 5.91 Å². The van der Waals surface area contributed by atoms with E-state index in [2.05, 4.69) is 39.9 Å². The maximum Gasteiger partial charge on any atom is 0.254 e. The van der Waals surface area contributed by atoms with Crippen LogP contribution in [0.3, 0.4) is 0 Å². The number of amides is 2. The van der Waals surface area contributed by atoms with E-state index in [9.17, 15) is 9.59 Å². The van der Waals surface area contributed by atoms with Gasteiger partial charge >= 0.3 is 0 Å². The third-order valence-corrected chi connectivity index (χ3v) is 5.13. The number of likely N-dealkylation sites (N-methyl/N-ethyl adjacent to an activating group) is 1. The number of carbonyl (C=O) groups excluding carboxylic acids is 2. The van der Waals surface area contributed by atoms with E-state index >= 15 is 0 Å². The molecule has 0 radical (unpaired) electrons. The normalized spacial score (nSPS) is 10.5.